The molecular weight excluding hydrogens is 456 g/mol. The van der Waals surface area contributed by atoms with Crippen molar-refractivity contribution in [3.63, 3.8) is 0 Å². The lowest BCUT2D eigenvalue weighted by Gasteiger charge is -2.29. The number of carbonyl (C=O) groups is 2. The molecule has 0 bridgehead atoms. The van der Waals surface area contributed by atoms with Crippen LogP contribution in [0.15, 0.2) is 34.2 Å². The summed E-state index contributed by atoms with van der Waals surface area (Å²) in [5.74, 6) is -0.278. The molecule has 1 aromatic carbocycles. The Morgan fingerprint density at radius 2 is 2.06 bits per heavy atom. The second-order valence-electron chi connectivity index (χ2n) is 8.43. The largest absolute Gasteiger partial charge is 0.323 e. The Morgan fingerprint density at radius 3 is 2.91 bits per heavy atom. The van der Waals surface area contributed by atoms with Gasteiger partial charge in [-0.05, 0) is 43.4 Å². The molecule has 2 aromatic heterocycles. The van der Waals surface area contributed by atoms with Gasteiger partial charge in [0.1, 0.15) is 11.4 Å². The molecular formula is C24H26N4O3S2. The number of nitrogens with zero attached hydrogens (tertiary/aromatic N) is 3. The van der Waals surface area contributed by atoms with E-state index in [0.29, 0.717) is 23.1 Å². The van der Waals surface area contributed by atoms with E-state index in [9.17, 15) is 14.4 Å². The average Bonchev–Trinajstić information content (AvgIpc) is 3.39. The van der Waals surface area contributed by atoms with Gasteiger partial charge in [-0.25, -0.2) is 4.98 Å². The molecule has 2 amide bonds. The Balaban J connectivity index is 1.44. The molecule has 0 atom stereocenters. The van der Waals surface area contributed by atoms with E-state index in [-0.39, 0.29) is 29.7 Å². The van der Waals surface area contributed by atoms with Crippen LogP contribution in [0.3, 0.4) is 0 Å². The van der Waals surface area contributed by atoms with Gasteiger partial charge in [0.05, 0.1) is 22.5 Å². The molecule has 7 nitrogen and oxygen atoms in total. The third kappa shape index (κ3) is 4.19. The summed E-state index contributed by atoms with van der Waals surface area (Å²) in [4.78, 5) is 47.1. The first kappa shape index (κ1) is 22.2. The molecule has 3 heterocycles. The van der Waals surface area contributed by atoms with Crippen LogP contribution in [-0.2, 0) is 29.0 Å². The van der Waals surface area contributed by atoms with Crippen molar-refractivity contribution < 1.29 is 9.59 Å². The molecule has 0 spiro atoms. The SMILES string of the molecule is CCCCCn1c(SCC(=O)N2CC(=O)Nc3ccccc32)nc2sc3c(c2c1=O)CCC3. The molecule has 33 heavy (non-hydrogen) atoms. The van der Waals surface area contributed by atoms with E-state index in [0.717, 1.165) is 48.7 Å². The van der Waals surface area contributed by atoms with Crippen LogP contribution in [0.5, 0.6) is 0 Å². The predicted molar refractivity (Wildman–Crippen MR) is 134 cm³/mol. The van der Waals surface area contributed by atoms with Gasteiger partial charge in [-0.2, -0.15) is 0 Å². The van der Waals surface area contributed by atoms with Gasteiger partial charge in [-0.3, -0.25) is 19.0 Å². The molecule has 1 N–H and O–H groups in total. The van der Waals surface area contributed by atoms with E-state index in [2.05, 4.69) is 12.2 Å². The summed E-state index contributed by atoms with van der Waals surface area (Å²) in [5, 5.41) is 4.17. The fraction of sp³-hybridized carbons (Fsp3) is 0.417. The van der Waals surface area contributed by atoms with Gasteiger partial charge in [-0.15, -0.1) is 11.3 Å². The van der Waals surface area contributed by atoms with E-state index in [1.165, 1.54) is 27.1 Å². The minimum atomic E-state index is -0.212. The highest BCUT2D eigenvalue weighted by atomic mass is 32.2. The highest BCUT2D eigenvalue weighted by molar-refractivity contribution is 7.99. The molecule has 1 aliphatic heterocycles. The predicted octanol–water partition coefficient (Wildman–Crippen LogP) is 4.21. The van der Waals surface area contributed by atoms with Crippen LogP contribution >= 0.6 is 23.1 Å². The van der Waals surface area contributed by atoms with Crippen molar-refractivity contribution in [1.82, 2.24) is 9.55 Å². The van der Waals surface area contributed by atoms with Crippen molar-refractivity contribution in [3.8, 4) is 0 Å². The van der Waals surface area contributed by atoms with Crippen molar-refractivity contribution in [1.29, 1.82) is 0 Å². The van der Waals surface area contributed by atoms with Gasteiger partial charge in [0.2, 0.25) is 11.8 Å². The standard InChI is InChI=1S/C24H26N4O3S2/c1-2-3-6-12-27-23(31)21-15-8-7-11-18(15)33-22(21)26-24(27)32-14-20(30)28-13-19(29)25-16-9-4-5-10-17(16)28/h4-5,9-10H,2-3,6-8,11-14H2,1H3,(H,25,29). The number of thiophene rings is 1. The zero-order valence-corrected chi connectivity index (χ0v) is 20.2. The third-order valence-corrected chi connectivity index (χ3v) is 8.32. The Kier molecular flexibility index (Phi) is 6.25. The molecule has 0 radical (unpaired) electrons. The second-order valence-corrected chi connectivity index (χ2v) is 10.5. The van der Waals surface area contributed by atoms with Crippen LogP contribution < -0.4 is 15.8 Å². The van der Waals surface area contributed by atoms with Gasteiger partial charge in [0.15, 0.2) is 5.16 Å². The number of benzene rings is 1. The highest BCUT2D eigenvalue weighted by Crippen LogP contribution is 2.36. The van der Waals surface area contributed by atoms with Crippen molar-refractivity contribution in [2.24, 2.45) is 0 Å². The number of unbranched alkanes of at least 4 members (excludes halogenated alkanes) is 2. The van der Waals surface area contributed by atoms with Crippen LogP contribution in [0.25, 0.3) is 10.2 Å². The zero-order valence-electron chi connectivity index (χ0n) is 18.6. The number of thioether (sulfide) groups is 1. The summed E-state index contributed by atoms with van der Waals surface area (Å²) in [7, 11) is 0. The summed E-state index contributed by atoms with van der Waals surface area (Å²) >= 11 is 2.91. The Hall–Kier alpha value is -2.65. The van der Waals surface area contributed by atoms with Gasteiger partial charge in [0, 0.05) is 11.4 Å². The number of aromatic nitrogens is 2. The molecule has 0 saturated heterocycles. The maximum absolute atomic E-state index is 13.5. The number of hydrogen-bond acceptors (Lipinski definition) is 6. The molecule has 172 valence electrons. The fourth-order valence-corrected chi connectivity index (χ4v) is 6.75. The van der Waals surface area contributed by atoms with Crippen molar-refractivity contribution in [3.05, 3.63) is 45.1 Å². The Bertz CT molecular complexity index is 1300. The highest BCUT2D eigenvalue weighted by Gasteiger charge is 2.28. The molecule has 0 unspecified atom stereocenters. The van der Waals surface area contributed by atoms with Crippen LogP contribution in [0.2, 0.25) is 0 Å². The first-order chi connectivity index (χ1) is 16.1. The minimum absolute atomic E-state index is 0.0101. The van der Waals surface area contributed by atoms with Gasteiger partial charge in [-0.1, -0.05) is 43.7 Å². The van der Waals surface area contributed by atoms with E-state index in [4.69, 9.17) is 4.98 Å². The number of hydrogen-bond donors (Lipinski definition) is 1. The Morgan fingerprint density at radius 1 is 1.21 bits per heavy atom. The number of fused-ring (bicyclic) bond motifs is 4. The normalized spacial score (nSPS) is 14.9. The number of anilines is 2. The van der Waals surface area contributed by atoms with Gasteiger partial charge >= 0.3 is 0 Å². The Labute approximate surface area is 200 Å². The number of amides is 2. The summed E-state index contributed by atoms with van der Waals surface area (Å²) in [6.45, 7) is 2.73. The number of para-hydroxylation sites is 2. The third-order valence-electron chi connectivity index (χ3n) is 6.17. The van der Waals surface area contributed by atoms with Crippen LogP contribution in [0, 0.1) is 0 Å². The van der Waals surface area contributed by atoms with E-state index in [1.54, 1.807) is 22.0 Å². The van der Waals surface area contributed by atoms with Crippen LogP contribution in [0.1, 0.15) is 43.0 Å². The first-order valence-corrected chi connectivity index (χ1v) is 13.2. The first-order valence-electron chi connectivity index (χ1n) is 11.4. The molecule has 0 fully saturated rings. The van der Waals surface area contributed by atoms with E-state index in [1.807, 2.05) is 18.2 Å². The maximum atomic E-state index is 13.5. The fourth-order valence-electron chi connectivity index (χ4n) is 4.55. The minimum Gasteiger partial charge on any atom is -0.323 e. The van der Waals surface area contributed by atoms with Gasteiger partial charge < -0.3 is 10.2 Å². The zero-order chi connectivity index (χ0) is 22.9. The molecule has 2 aliphatic rings. The van der Waals surface area contributed by atoms with Crippen molar-refractivity contribution in [2.45, 2.75) is 57.1 Å². The van der Waals surface area contributed by atoms with Crippen molar-refractivity contribution >= 4 is 56.5 Å². The quantitative estimate of drug-likeness (QED) is 0.310. The smallest absolute Gasteiger partial charge is 0.263 e. The lowest BCUT2D eigenvalue weighted by atomic mass is 10.2. The summed E-state index contributed by atoms with van der Waals surface area (Å²) in [6, 6.07) is 7.29. The van der Waals surface area contributed by atoms with Crippen LogP contribution in [-0.4, -0.2) is 33.7 Å². The average molecular weight is 483 g/mol. The summed E-state index contributed by atoms with van der Waals surface area (Å²) < 4.78 is 1.76. The van der Waals surface area contributed by atoms with Crippen LogP contribution in [0.4, 0.5) is 11.4 Å². The number of aryl methyl sites for hydroxylation is 2. The molecule has 9 heteroatoms. The summed E-state index contributed by atoms with van der Waals surface area (Å²) in [6.07, 6.45) is 6.07. The second kappa shape index (κ2) is 9.30. The maximum Gasteiger partial charge on any atom is 0.263 e. The van der Waals surface area contributed by atoms with E-state index < -0.39 is 0 Å². The van der Waals surface area contributed by atoms with Crippen molar-refractivity contribution in [2.75, 3.05) is 22.5 Å². The lowest BCUT2D eigenvalue weighted by Crippen LogP contribution is -2.43. The molecule has 0 saturated carbocycles. The lowest BCUT2D eigenvalue weighted by molar-refractivity contribution is -0.120. The van der Waals surface area contributed by atoms with Gasteiger partial charge in [0.25, 0.3) is 5.56 Å². The molecule has 5 rings (SSSR count). The molecule has 3 aromatic rings. The summed E-state index contributed by atoms with van der Waals surface area (Å²) in [5.41, 5.74) is 2.53. The molecule has 1 aliphatic carbocycles. The topological polar surface area (TPSA) is 84.3 Å². The number of rotatable bonds is 7. The number of nitrogens with one attached hydrogen (secondary N) is 1. The van der Waals surface area contributed by atoms with E-state index >= 15 is 0 Å². The number of carbonyl (C=O) groups excluding carboxylic acids is 2. The monoisotopic (exact) mass is 482 g/mol.